The number of carbonyl (C=O) groups excluding carboxylic acids is 1. The molecule has 1 aliphatic heterocycles. The standard InChI is InChI=1S/C14H14FNO2/c15-11-5-1-3-9-7-12(18-14(9)11)13(17)10-4-2-6-16-8-10/h1,3,5,7,10,16H,2,4,6,8H2. The fourth-order valence-corrected chi connectivity index (χ4v) is 2.43. The van der Waals surface area contributed by atoms with Gasteiger partial charge in [0, 0.05) is 17.8 Å². The van der Waals surface area contributed by atoms with Gasteiger partial charge in [-0.2, -0.15) is 0 Å². The summed E-state index contributed by atoms with van der Waals surface area (Å²) in [6, 6.07) is 6.33. The molecule has 0 aliphatic carbocycles. The van der Waals surface area contributed by atoms with Crippen molar-refractivity contribution in [1.29, 1.82) is 0 Å². The van der Waals surface area contributed by atoms with Crippen LogP contribution < -0.4 is 5.32 Å². The minimum absolute atomic E-state index is 0.0298. The van der Waals surface area contributed by atoms with E-state index in [1.807, 2.05) is 0 Å². The minimum Gasteiger partial charge on any atom is -0.450 e. The summed E-state index contributed by atoms with van der Waals surface area (Å²) in [4.78, 5) is 12.2. The van der Waals surface area contributed by atoms with E-state index in [-0.39, 0.29) is 23.0 Å². The highest BCUT2D eigenvalue weighted by Crippen LogP contribution is 2.25. The van der Waals surface area contributed by atoms with Gasteiger partial charge in [0.15, 0.2) is 17.2 Å². The fourth-order valence-electron chi connectivity index (χ4n) is 2.43. The molecule has 0 saturated carbocycles. The topological polar surface area (TPSA) is 42.2 Å². The van der Waals surface area contributed by atoms with Gasteiger partial charge in [0.2, 0.25) is 5.78 Å². The van der Waals surface area contributed by atoms with Gasteiger partial charge in [0.05, 0.1) is 0 Å². The number of hydrogen-bond donors (Lipinski definition) is 1. The number of benzene rings is 1. The Balaban J connectivity index is 1.94. The summed E-state index contributed by atoms with van der Waals surface area (Å²) in [5.41, 5.74) is 0.171. The van der Waals surface area contributed by atoms with Crippen molar-refractivity contribution >= 4 is 16.8 Å². The molecule has 1 fully saturated rings. The number of ketones is 1. The van der Waals surface area contributed by atoms with E-state index < -0.39 is 5.82 Å². The van der Waals surface area contributed by atoms with Crippen LogP contribution in [0.15, 0.2) is 28.7 Å². The smallest absolute Gasteiger partial charge is 0.202 e. The van der Waals surface area contributed by atoms with Gasteiger partial charge < -0.3 is 9.73 Å². The van der Waals surface area contributed by atoms with E-state index in [1.54, 1.807) is 18.2 Å². The lowest BCUT2D eigenvalue weighted by atomic mass is 9.94. The number of para-hydroxylation sites is 1. The first-order valence-corrected chi connectivity index (χ1v) is 6.19. The Kier molecular flexibility index (Phi) is 2.88. The summed E-state index contributed by atoms with van der Waals surface area (Å²) >= 11 is 0. The molecule has 3 nitrogen and oxygen atoms in total. The molecule has 2 heterocycles. The molecule has 0 radical (unpaired) electrons. The first kappa shape index (κ1) is 11.4. The maximum absolute atomic E-state index is 13.5. The van der Waals surface area contributed by atoms with Crippen LogP contribution in [0.5, 0.6) is 0 Å². The molecule has 3 rings (SSSR count). The highest BCUT2D eigenvalue weighted by Gasteiger charge is 2.25. The molecular formula is C14H14FNO2. The molecule has 4 heteroatoms. The van der Waals surface area contributed by atoms with E-state index in [2.05, 4.69) is 5.32 Å². The number of piperidine rings is 1. The molecule has 1 aromatic carbocycles. The lowest BCUT2D eigenvalue weighted by Crippen LogP contribution is -2.34. The third kappa shape index (κ3) is 1.93. The van der Waals surface area contributed by atoms with E-state index >= 15 is 0 Å². The highest BCUT2D eigenvalue weighted by atomic mass is 19.1. The largest absolute Gasteiger partial charge is 0.450 e. The van der Waals surface area contributed by atoms with E-state index in [1.165, 1.54) is 6.07 Å². The molecular weight excluding hydrogens is 233 g/mol. The van der Waals surface area contributed by atoms with E-state index in [0.717, 1.165) is 19.4 Å². The van der Waals surface area contributed by atoms with Crippen LogP contribution in [0.3, 0.4) is 0 Å². The van der Waals surface area contributed by atoms with Gasteiger partial charge in [-0.05, 0) is 31.5 Å². The molecule has 94 valence electrons. The third-order valence-corrected chi connectivity index (χ3v) is 3.41. The summed E-state index contributed by atoms with van der Waals surface area (Å²) in [6.45, 7) is 1.64. The summed E-state index contributed by atoms with van der Waals surface area (Å²) < 4.78 is 18.8. The Labute approximate surface area is 104 Å². The fraction of sp³-hybridized carbons (Fsp3) is 0.357. The van der Waals surface area contributed by atoms with Gasteiger partial charge >= 0.3 is 0 Å². The SMILES string of the molecule is O=C(c1cc2cccc(F)c2o1)C1CCCNC1. The zero-order chi connectivity index (χ0) is 12.5. The van der Waals surface area contributed by atoms with Crippen molar-refractivity contribution in [3.05, 3.63) is 35.8 Å². The molecule has 0 amide bonds. The molecule has 18 heavy (non-hydrogen) atoms. The van der Waals surface area contributed by atoms with E-state index in [9.17, 15) is 9.18 Å². The lowest BCUT2D eigenvalue weighted by molar-refractivity contribution is 0.0873. The number of rotatable bonds is 2. The van der Waals surface area contributed by atoms with Gasteiger partial charge in [-0.3, -0.25) is 4.79 Å². The normalized spacial score (nSPS) is 20.2. The van der Waals surface area contributed by atoms with Crippen molar-refractivity contribution in [2.75, 3.05) is 13.1 Å². The maximum atomic E-state index is 13.5. The van der Waals surface area contributed by atoms with Crippen LogP contribution in [0.2, 0.25) is 0 Å². The molecule has 1 aromatic heterocycles. The van der Waals surface area contributed by atoms with Crippen molar-refractivity contribution in [2.45, 2.75) is 12.8 Å². The van der Waals surface area contributed by atoms with Crippen LogP contribution >= 0.6 is 0 Å². The first-order valence-electron chi connectivity index (χ1n) is 6.19. The Morgan fingerprint density at radius 1 is 1.44 bits per heavy atom. The average molecular weight is 247 g/mol. The van der Waals surface area contributed by atoms with Gasteiger partial charge in [0.1, 0.15) is 0 Å². The van der Waals surface area contributed by atoms with E-state index in [4.69, 9.17) is 4.42 Å². The Morgan fingerprint density at radius 3 is 3.06 bits per heavy atom. The van der Waals surface area contributed by atoms with E-state index in [0.29, 0.717) is 11.9 Å². The number of nitrogens with one attached hydrogen (secondary N) is 1. The zero-order valence-corrected chi connectivity index (χ0v) is 9.91. The predicted molar refractivity (Wildman–Crippen MR) is 66.1 cm³/mol. The third-order valence-electron chi connectivity index (χ3n) is 3.41. The molecule has 0 spiro atoms. The molecule has 1 N–H and O–H groups in total. The second kappa shape index (κ2) is 4.53. The van der Waals surface area contributed by atoms with Crippen LogP contribution in [-0.2, 0) is 0 Å². The van der Waals surface area contributed by atoms with Gasteiger partial charge in [-0.1, -0.05) is 12.1 Å². The Morgan fingerprint density at radius 2 is 2.33 bits per heavy atom. The van der Waals surface area contributed by atoms with Crippen LogP contribution in [0.4, 0.5) is 4.39 Å². The second-order valence-electron chi connectivity index (χ2n) is 4.68. The van der Waals surface area contributed by atoms with Crippen molar-refractivity contribution in [3.8, 4) is 0 Å². The molecule has 2 aromatic rings. The monoisotopic (exact) mass is 247 g/mol. The molecule has 0 bridgehead atoms. The number of hydrogen-bond acceptors (Lipinski definition) is 3. The summed E-state index contributed by atoms with van der Waals surface area (Å²) in [7, 11) is 0. The number of carbonyl (C=O) groups is 1. The molecule has 1 aliphatic rings. The van der Waals surface area contributed by atoms with Crippen LogP contribution in [0.25, 0.3) is 11.0 Å². The average Bonchev–Trinajstić information content (AvgIpc) is 2.84. The zero-order valence-electron chi connectivity index (χ0n) is 9.91. The van der Waals surface area contributed by atoms with Crippen LogP contribution in [0, 0.1) is 11.7 Å². The lowest BCUT2D eigenvalue weighted by Gasteiger charge is -2.20. The minimum atomic E-state index is -0.423. The number of fused-ring (bicyclic) bond motifs is 1. The van der Waals surface area contributed by atoms with Gasteiger partial charge in [-0.25, -0.2) is 4.39 Å². The number of Topliss-reactive ketones (excluding diaryl/α,β-unsaturated/α-hetero) is 1. The van der Waals surface area contributed by atoms with Gasteiger partial charge in [-0.15, -0.1) is 0 Å². The molecule has 1 unspecified atom stereocenters. The van der Waals surface area contributed by atoms with Crippen LogP contribution in [-0.4, -0.2) is 18.9 Å². The Bertz CT molecular complexity index is 584. The Hall–Kier alpha value is -1.68. The quantitative estimate of drug-likeness (QED) is 0.830. The van der Waals surface area contributed by atoms with Crippen molar-refractivity contribution < 1.29 is 13.6 Å². The molecule has 1 saturated heterocycles. The van der Waals surface area contributed by atoms with Crippen molar-refractivity contribution in [2.24, 2.45) is 5.92 Å². The second-order valence-corrected chi connectivity index (χ2v) is 4.68. The summed E-state index contributed by atoms with van der Waals surface area (Å²) in [6.07, 6.45) is 1.86. The number of halogens is 1. The highest BCUT2D eigenvalue weighted by molar-refractivity contribution is 5.99. The van der Waals surface area contributed by atoms with Crippen molar-refractivity contribution in [1.82, 2.24) is 5.32 Å². The number of furan rings is 1. The van der Waals surface area contributed by atoms with Gasteiger partial charge in [0.25, 0.3) is 0 Å². The van der Waals surface area contributed by atoms with Crippen molar-refractivity contribution in [3.63, 3.8) is 0 Å². The first-order chi connectivity index (χ1) is 8.75. The maximum Gasteiger partial charge on any atom is 0.202 e. The summed E-state index contributed by atoms with van der Waals surface area (Å²) in [5.74, 6) is -0.239. The molecule has 1 atom stereocenters. The summed E-state index contributed by atoms with van der Waals surface area (Å²) in [5, 5.41) is 3.83. The van der Waals surface area contributed by atoms with Crippen LogP contribution in [0.1, 0.15) is 23.4 Å². The predicted octanol–water partition coefficient (Wildman–Crippen LogP) is 2.75.